The third-order valence-corrected chi connectivity index (χ3v) is 1.98. The van der Waals surface area contributed by atoms with Crippen LogP contribution in [0.3, 0.4) is 0 Å². The maximum atomic E-state index is 9.09. The van der Waals surface area contributed by atoms with E-state index in [1.807, 2.05) is 32.1 Å². The van der Waals surface area contributed by atoms with Crippen molar-refractivity contribution in [3.8, 4) is 17.8 Å². The molecule has 0 aromatic heterocycles. The molecule has 0 spiro atoms. The molecule has 2 heteroatoms. The van der Waals surface area contributed by atoms with Gasteiger partial charge in [0.2, 0.25) is 0 Å². The van der Waals surface area contributed by atoms with E-state index in [1.54, 1.807) is 12.1 Å². The highest BCUT2D eigenvalue weighted by atomic mass is 16.3. The second-order valence-electron chi connectivity index (χ2n) is 3.96. The van der Waals surface area contributed by atoms with Crippen LogP contribution in [0.1, 0.15) is 19.4 Å². The van der Waals surface area contributed by atoms with Crippen LogP contribution in [0.25, 0.3) is 0 Å². The van der Waals surface area contributed by atoms with E-state index in [-0.39, 0.29) is 11.2 Å². The van der Waals surface area contributed by atoms with Crippen molar-refractivity contribution in [1.82, 2.24) is 0 Å². The normalized spacial score (nSPS) is 10.4. The van der Waals surface area contributed by atoms with Crippen LogP contribution in [0.5, 0.6) is 5.75 Å². The number of benzene rings is 1. The maximum Gasteiger partial charge on any atom is 0.115 e. The quantitative estimate of drug-likeness (QED) is 0.702. The van der Waals surface area contributed by atoms with Crippen LogP contribution in [0.15, 0.2) is 24.3 Å². The minimum absolute atomic E-state index is 0.244. The van der Waals surface area contributed by atoms with Gasteiger partial charge < -0.3 is 10.2 Å². The third-order valence-electron chi connectivity index (χ3n) is 1.98. The van der Waals surface area contributed by atoms with Gasteiger partial charge in [0.15, 0.2) is 0 Å². The zero-order valence-corrected chi connectivity index (χ0v) is 8.41. The van der Waals surface area contributed by atoms with Gasteiger partial charge >= 0.3 is 0 Å². The molecule has 1 aromatic carbocycles. The fourth-order valence-electron chi connectivity index (χ4n) is 1.32. The molecule has 74 valence electrons. The highest BCUT2D eigenvalue weighted by molar-refractivity contribution is 5.27. The van der Waals surface area contributed by atoms with Gasteiger partial charge in [-0.25, -0.2) is 0 Å². The molecular formula is C12H14O2. The average molecular weight is 190 g/mol. The topological polar surface area (TPSA) is 40.5 Å². The highest BCUT2D eigenvalue weighted by Crippen LogP contribution is 2.21. The minimum Gasteiger partial charge on any atom is -0.508 e. The molecule has 0 unspecified atom stereocenters. The number of rotatable bonds is 2. The Kier molecular flexibility index (Phi) is 3.03. The summed E-state index contributed by atoms with van der Waals surface area (Å²) in [6, 6.07) is 7.02. The molecule has 0 bridgehead atoms. The first-order valence-electron chi connectivity index (χ1n) is 4.48. The average Bonchev–Trinajstić information content (AvgIpc) is 2.08. The predicted molar refractivity (Wildman–Crippen MR) is 55.3 cm³/mol. The molecule has 0 aliphatic carbocycles. The molecule has 2 N–H and O–H groups in total. The fourth-order valence-corrected chi connectivity index (χ4v) is 1.32. The molecule has 1 rings (SSSR count). The van der Waals surface area contributed by atoms with Crippen molar-refractivity contribution in [2.75, 3.05) is 0 Å². The molecule has 0 radical (unpaired) electrons. The lowest BCUT2D eigenvalue weighted by Gasteiger charge is -2.16. The van der Waals surface area contributed by atoms with Crippen molar-refractivity contribution in [2.45, 2.75) is 20.3 Å². The van der Waals surface area contributed by atoms with Gasteiger partial charge in [-0.1, -0.05) is 18.1 Å². The van der Waals surface area contributed by atoms with Gasteiger partial charge in [-0.3, -0.25) is 0 Å². The van der Waals surface area contributed by atoms with Crippen LogP contribution in [0, 0.1) is 17.4 Å². The number of phenols is 1. The minimum atomic E-state index is -0.244. The largest absolute Gasteiger partial charge is 0.508 e. The second-order valence-corrected chi connectivity index (χ2v) is 3.96. The molecule has 0 saturated carbocycles. The van der Waals surface area contributed by atoms with E-state index in [2.05, 4.69) is 5.92 Å². The molecule has 0 heterocycles. The molecule has 14 heavy (non-hydrogen) atoms. The molecule has 0 saturated heterocycles. The third kappa shape index (κ3) is 3.02. The van der Waals surface area contributed by atoms with E-state index in [0.29, 0.717) is 0 Å². The highest BCUT2D eigenvalue weighted by Gasteiger charge is 2.15. The van der Waals surface area contributed by atoms with Crippen LogP contribution in [0.2, 0.25) is 0 Å². The fraction of sp³-hybridized carbons (Fsp3) is 0.333. The number of hydrogen-bond donors (Lipinski definition) is 2. The van der Waals surface area contributed by atoms with Crippen molar-refractivity contribution < 1.29 is 10.2 Å². The van der Waals surface area contributed by atoms with Gasteiger partial charge in [0, 0.05) is 5.41 Å². The van der Waals surface area contributed by atoms with Crippen LogP contribution in [-0.2, 0) is 6.42 Å². The molecule has 0 fully saturated rings. The summed E-state index contributed by atoms with van der Waals surface area (Å²) in [5.41, 5.74) is 0.849. The van der Waals surface area contributed by atoms with Crippen LogP contribution in [-0.4, -0.2) is 10.2 Å². The first-order valence-corrected chi connectivity index (χ1v) is 4.48. The number of aliphatic hydroxyl groups is 1. The maximum absolute atomic E-state index is 9.09. The van der Waals surface area contributed by atoms with Crippen molar-refractivity contribution in [2.24, 2.45) is 5.41 Å². The van der Waals surface area contributed by atoms with E-state index in [1.165, 1.54) is 0 Å². The van der Waals surface area contributed by atoms with E-state index in [9.17, 15) is 0 Å². The van der Waals surface area contributed by atoms with Crippen molar-refractivity contribution in [1.29, 1.82) is 0 Å². The lowest BCUT2D eigenvalue weighted by Crippen LogP contribution is -2.11. The Morgan fingerprint density at radius 3 is 2.29 bits per heavy atom. The summed E-state index contributed by atoms with van der Waals surface area (Å²) in [4.78, 5) is 0. The summed E-state index contributed by atoms with van der Waals surface area (Å²) in [5, 5.41) is 17.6. The van der Waals surface area contributed by atoms with E-state index >= 15 is 0 Å². The number of hydrogen-bond acceptors (Lipinski definition) is 2. The smallest absolute Gasteiger partial charge is 0.115 e. The Hall–Kier alpha value is -1.62. The van der Waals surface area contributed by atoms with Crippen molar-refractivity contribution in [3.63, 3.8) is 0 Å². The van der Waals surface area contributed by atoms with Crippen LogP contribution in [0.4, 0.5) is 0 Å². The number of aromatic hydroxyl groups is 1. The summed E-state index contributed by atoms with van der Waals surface area (Å²) >= 11 is 0. The molecule has 0 atom stereocenters. The van der Waals surface area contributed by atoms with Gasteiger partial charge in [-0.05, 0) is 38.0 Å². The summed E-state index contributed by atoms with van der Waals surface area (Å²) in [7, 11) is 0. The van der Waals surface area contributed by atoms with Gasteiger partial charge in [-0.2, -0.15) is 0 Å². The number of aliphatic hydroxyl groups excluding tert-OH is 1. The van der Waals surface area contributed by atoms with Gasteiger partial charge in [0.1, 0.15) is 11.9 Å². The SMILES string of the molecule is CC(C)(C#CO)Cc1ccc(O)cc1. The Bertz CT molecular complexity index is 352. The monoisotopic (exact) mass is 190 g/mol. The summed E-state index contributed by atoms with van der Waals surface area (Å²) in [6.45, 7) is 3.92. The van der Waals surface area contributed by atoms with Gasteiger partial charge in [-0.15, -0.1) is 0 Å². The van der Waals surface area contributed by atoms with E-state index in [0.717, 1.165) is 12.0 Å². The summed E-state index contributed by atoms with van der Waals surface area (Å²) in [6.07, 6.45) is 2.69. The zero-order valence-electron chi connectivity index (χ0n) is 8.41. The lowest BCUT2D eigenvalue weighted by molar-refractivity contribution is 0.468. The Morgan fingerprint density at radius 2 is 1.79 bits per heavy atom. The van der Waals surface area contributed by atoms with Gasteiger partial charge in [0.05, 0.1) is 0 Å². The first kappa shape index (κ1) is 10.5. The standard InChI is InChI=1S/C12H14O2/c1-12(2,7-8-13)9-10-3-5-11(14)6-4-10/h3-6,13-14H,9H2,1-2H3. The molecule has 1 aromatic rings. The van der Waals surface area contributed by atoms with E-state index in [4.69, 9.17) is 10.2 Å². The Labute approximate surface area is 84.2 Å². The molecule has 0 amide bonds. The van der Waals surface area contributed by atoms with E-state index < -0.39 is 0 Å². The van der Waals surface area contributed by atoms with Gasteiger partial charge in [0.25, 0.3) is 0 Å². The van der Waals surface area contributed by atoms with Crippen LogP contribution >= 0.6 is 0 Å². The molecule has 2 nitrogen and oxygen atoms in total. The second kappa shape index (κ2) is 4.06. The van der Waals surface area contributed by atoms with Crippen molar-refractivity contribution in [3.05, 3.63) is 29.8 Å². The Morgan fingerprint density at radius 1 is 1.21 bits per heavy atom. The van der Waals surface area contributed by atoms with Crippen molar-refractivity contribution >= 4 is 0 Å². The predicted octanol–water partition coefficient (Wildman–Crippen LogP) is 2.29. The molecule has 0 aliphatic rings. The van der Waals surface area contributed by atoms with Crippen LogP contribution < -0.4 is 0 Å². The Balaban J connectivity index is 2.77. The molecule has 0 aliphatic heterocycles. The summed E-state index contributed by atoms with van der Waals surface area (Å²) < 4.78 is 0. The first-order chi connectivity index (χ1) is 6.53. The summed E-state index contributed by atoms with van der Waals surface area (Å²) in [5.74, 6) is 2.99. The number of phenolic OH excluding ortho intramolecular Hbond substituents is 1. The lowest BCUT2D eigenvalue weighted by atomic mass is 9.87. The molecular weight excluding hydrogens is 176 g/mol. The zero-order chi connectivity index (χ0) is 10.6.